The van der Waals surface area contributed by atoms with Crippen molar-refractivity contribution in [2.45, 2.75) is 0 Å². The van der Waals surface area contributed by atoms with Crippen molar-refractivity contribution >= 4 is 43.5 Å². The summed E-state index contributed by atoms with van der Waals surface area (Å²) in [4.78, 5) is 31.5. The Bertz CT molecular complexity index is 1820. The Hall–Kier alpha value is -4.73. The van der Waals surface area contributed by atoms with E-state index in [0.29, 0.717) is 16.4 Å². The van der Waals surface area contributed by atoms with Crippen molar-refractivity contribution in [3.8, 4) is 28.0 Å². The molecule has 1 amide bonds. The number of ether oxygens (including phenoxy) is 1. The highest BCUT2D eigenvalue weighted by molar-refractivity contribution is 7.85. The Morgan fingerprint density at radius 1 is 1.07 bits per heavy atom. The van der Waals surface area contributed by atoms with Crippen molar-refractivity contribution in [2.75, 3.05) is 19.4 Å². The first kappa shape index (κ1) is 26.9. The maximum atomic E-state index is 12.3. The number of amides is 1. The number of hydrogen-bond donors (Lipinski definition) is 3. The molecule has 40 heavy (non-hydrogen) atoms. The summed E-state index contributed by atoms with van der Waals surface area (Å²) in [6.07, 6.45) is 0. The van der Waals surface area contributed by atoms with E-state index in [9.17, 15) is 23.1 Å². The molecule has 204 valence electrons. The van der Waals surface area contributed by atoms with Crippen molar-refractivity contribution in [3.05, 3.63) is 77.9 Å². The number of para-hydroxylation sites is 1. The first-order valence-corrected chi connectivity index (χ1v) is 14.1. The van der Waals surface area contributed by atoms with Crippen LogP contribution in [-0.2, 0) is 10.1 Å². The molecule has 0 spiro atoms. The second-order valence-corrected chi connectivity index (χ2v) is 11.0. The van der Waals surface area contributed by atoms with Gasteiger partial charge in [0.15, 0.2) is 11.2 Å². The second kappa shape index (κ2) is 10.8. The molecule has 3 aromatic carbocycles. The van der Waals surface area contributed by atoms with Crippen LogP contribution in [-0.4, -0.2) is 69.3 Å². The number of aromatic nitrogens is 5. The summed E-state index contributed by atoms with van der Waals surface area (Å²) in [5.41, 5.74) is 2.05. The number of hydrogen-bond acceptors (Lipinski definition) is 9. The van der Waals surface area contributed by atoms with Crippen molar-refractivity contribution in [3.63, 3.8) is 0 Å². The fourth-order valence-electron chi connectivity index (χ4n) is 3.77. The average molecular weight is 582 g/mol. The molecule has 0 aliphatic heterocycles. The molecule has 0 unspecified atom stereocenters. The molecular weight excluding hydrogens is 560 g/mol. The van der Waals surface area contributed by atoms with E-state index >= 15 is 0 Å². The summed E-state index contributed by atoms with van der Waals surface area (Å²) in [6, 6.07) is 18.3. The first-order chi connectivity index (χ1) is 19.1. The molecule has 13 nitrogen and oxygen atoms in total. The third-order valence-electron chi connectivity index (χ3n) is 5.71. The number of tetrazole rings is 1. The molecule has 5 aromatic rings. The topological polar surface area (TPSA) is 177 Å². The molecule has 0 atom stereocenters. The summed E-state index contributed by atoms with van der Waals surface area (Å²) in [6.45, 7) is -0.240. The molecule has 0 saturated carbocycles. The monoisotopic (exact) mass is 581 g/mol. The Kier molecular flexibility index (Phi) is 7.25. The van der Waals surface area contributed by atoms with E-state index in [1.165, 1.54) is 52.3 Å². The van der Waals surface area contributed by atoms with Gasteiger partial charge in [-0.3, -0.25) is 9.35 Å². The third-order valence-corrected chi connectivity index (χ3v) is 7.43. The van der Waals surface area contributed by atoms with Gasteiger partial charge in [0, 0.05) is 22.8 Å². The largest absolute Gasteiger partial charge is 0.494 e. The van der Waals surface area contributed by atoms with E-state index in [0.717, 1.165) is 10.2 Å². The highest BCUT2D eigenvalue weighted by atomic mass is 32.2. The van der Waals surface area contributed by atoms with Crippen LogP contribution in [0.5, 0.6) is 5.75 Å². The molecule has 0 bridgehead atoms. The number of nitrogens with one attached hydrogen (secondary N) is 1. The Morgan fingerprint density at radius 2 is 1.80 bits per heavy atom. The molecular formula is C25H21N6O7S2+. The van der Waals surface area contributed by atoms with Gasteiger partial charge in [-0.25, -0.2) is 4.79 Å². The zero-order valence-electron chi connectivity index (χ0n) is 20.8. The molecule has 0 aliphatic carbocycles. The molecule has 0 fully saturated rings. The maximum Gasteiger partial charge on any atom is 0.365 e. The number of methoxy groups -OCH3 is 1. The van der Waals surface area contributed by atoms with Crippen molar-refractivity contribution < 1.29 is 37.2 Å². The van der Waals surface area contributed by atoms with Gasteiger partial charge >= 0.3 is 11.1 Å². The van der Waals surface area contributed by atoms with Gasteiger partial charge in [-0.15, -0.1) is 0 Å². The Morgan fingerprint density at radius 3 is 2.48 bits per heavy atom. The van der Waals surface area contributed by atoms with Crippen molar-refractivity contribution in [1.82, 2.24) is 25.3 Å². The minimum absolute atomic E-state index is 0.0397. The van der Waals surface area contributed by atoms with Crippen LogP contribution < -0.4 is 14.9 Å². The first-order valence-electron chi connectivity index (χ1n) is 11.6. The summed E-state index contributed by atoms with van der Waals surface area (Å²) >= 11 is 1.38. The highest BCUT2D eigenvalue weighted by Crippen LogP contribution is 2.26. The predicted molar refractivity (Wildman–Crippen MR) is 144 cm³/mol. The number of carbonyl (C=O) groups excluding carboxylic acids is 1. The number of carbonyl (C=O) groups is 2. The quantitative estimate of drug-likeness (QED) is 0.173. The summed E-state index contributed by atoms with van der Waals surface area (Å²) < 4.78 is 37.0. The molecule has 5 rings (SSSR count). The number of rotatable bonds is 9. The zero-order valence-corrected chi connectivity index (χ0v) is 22.4. The van der Waals surface area contributed by atoms with Gasteiger partial charge in [-0.2, -0.15) is 8.42 Å². The number of carboxylic acid groups (broad SMARTS) is 1. The van der Waals surface area contributed by atoms with E-state index in [1.54, 1.807) is 18.2 Å². The summed E-state index contributed by atoms with van der Waals surface area (Å²) in [7, 11) is -2.77. The smallest absolute Gasteiger partial charge is 0.365 e. The van der Waals surface area contributed by atoms with Gasteiger partial charge < -0.3 is 15.2 Å². The van der Waals surface area contributed by atoms with Gasteiger partial charge in [0.1, 0.15) is 5.75 Å². The number of fused-ring (bicyclic) bond motifs is 1. The van der Waals surface area contributed by atoms with E-state index in [-0.39, 0.29) is 29.2 Å². The van der Waals surface area contributed by atoms with Gasteiger partial charge in [0.25, 0.3) is 21.8 Å². The normalized spacial score (nSPS) is 11.4. The molecule has 0 radical (unpaired) electrons. The third kappa shape index (κ3) is 5.66. The number of aromatic carboxylic acids is 1. The summed E-state index contributed by atoms with van der Waals surface area (Å²) in [5.74, 6) is -1.68. The predicted octanol–water partition coefficient (Wildman–Crippen LogP) is 2.15. The van der Waals surface area contributed by atoms with Crippen LogP contribution in [0.25, 0.3) is 32.4 Å². The van der Waals surface area contributed by atoms with E-state index < -0.39 is 27.7 Å². The van der Waals surface area contributed by atoms with E-state index in [4.69, 9.17) is 9.29 Å². The van der Waals surface area contributed by atoms with Crippen LogP contribution in [0.4, 0.5) is 0 Å². The maximum absolute atomic E-state index is 12.3. The van der Waals surface area contributed by atoms with Crippen LogP contribution in [0, 0.1) is 0 Å². The van der Waals surface area contributed by atoms with Crippen molar-refractivity contribution in [2.24, 2.45) is 0 Å². The van der Waals surface area contributed by atoms with E-state index in [2.05, 4.69) is 20.5 Å². The lowest BCUT2D eigenvalue weighted by molar-refractivity contribution is -0.734. The Balaban J connectivity index is 1.54. The van der Waals surface area contributed by atoms with Gasteiger partial charge in [0.2, 0.25) is 0 Å². The lowest BCUT2D eigenvalue weighted by Crippen LogP contribution is -2.43. The lowest BCUT2D eigenvalue weighted by atomic mass is 10.1. The van der Waals surface area contributed by atoms with Crippen LogP contribution in [0.2, 0.25) is 0 Å². The minimum atomic E-state index is -4.19. The van der Waals surface area contributed by atoms with Crippen LogP contribution in [0.15, 0.2) is 66.7 Å². The standard InChI is InChI=1S/C25H20N6O7S2/c1-38-20-14-17(24(33)34)10-11-19(20)30-28-22(29-31(30)25-27-18-4-2-3-5-21(18)39-25)15-6-8-16(9-7-15)23(32)26-12-13-40(35,36)37/h2-11,14H,12-13H2,1H3,(H2-,26,32,33,34,35,36,37)/p+1. The number of carboxylic acids is 1. The lowest BCUT2D eigenvalue weighted by Gasteiger charge is -2.07. The Labute approximate surface area is 231 Å². The van der Waals surface area contributed by atoms with Gasteiger partial charge in [0.05, 0.1) is 23.1 Å². The fraction of sp³-hybridized carbons (Fsp3) is 0.120. The average Bonchev–Trinajstić information content (AvgIpc) is 3.56. The van der Waals surface area contributed by atoms with Gasteiger partial charge in [-0.1, -0.05) is 28.5 Å². The van der Waals surface area contributed by atoms with E-state index in [1.807, 2.05) is 24.3 Å². The number of thiazole rings is 1. The number of nitrogens with zero attached hydrogens (tertiary/aromatic N) is 5. The van der Waals surface area contributed by atoms with Crippen LogP contribution in [0.3, 0.4) is 0 Å². The molecule has 2 aromatic heterocycles. The fourth-order valence-corrected chi connectivity index (χ4v) is 5.03. The molecule has 3 N–H and O–H groups in total. The minimum Gasteiger partial charge on any atom is -0.494 e. The molecule has 0 aliphatic rings. The molecule has 15 heteroatoms. The molecule has 0 saturated heterocycles. The molecule has 2 heterocycles. The SMILES string of the molecule is COc1cc(C(=O)O)ccc1-n1nc(-c2ccc(C(=O)NCCS(=O)(=O)O)cc2)n[n+]1-c1nc2ccccc2s1. The number of benzene rings is 3. The van der Waals surface area contributed by atoms with Crippen molar-refractivity contribution in [1.29, 1.82) is 0 Å². The summed E-state index contributed by atoms with van der Waals surface area (Å²) in [5, 5.41) is 21.6. The zero-order chi connectivity index (χ0) is 28.4. The highest BCUT2D eigenvalue weighted by Gasteiger charge is 2.27. The van der Waals surface area contributed by atoms with Crippen LogP contribution in [0.1, 0.15) is 20.7 Å². The second-order valence-electron chi connectivity index (χ2n) is 8.38. The van der Waals surface area contributed by atoms with Crippen LogP contribution >= 0.6 is 11.3 Å². The van der Waals surface area contributed by atoms with Gasteiger partial charge in [-0.05, 0) is 69.3 Å².